The zero-order valence-electron chi connectivity index (χ0n) is 43.7. The van der Waals surface area contributed by atoms with Crippen LogP contribution in [0.4, 0.5) is 16.2 Å². The van der Waals surface area contributed by atoms with Gasteiger partial charge in [-0.3, -0.25) is 28.8 Å². The second kappa shape index (κ2) is 24.3. The Hall–Kier alpha value is -8.11. The fraction of sp³-hybridized carbons (Fsp3) is 0.361. The molecule has 16 heteroatoms. The number of hydrogen-bond donors (Lipinski definition) is 3. The summed E-state index contributed by atoms with van der Waals surface area (Å²) in [6, 6.07) is 45.0. The van der Waals surface area contributed by atoms with Crippen molar-refractivity contribution in [3.05, 3.63) is 157 Å². The third-order valence-electron chi connectivity index (χ3n) is 14.7. The number of esters is 2. The number of nitrogens with zero attached hydrogens (tertiary/aromatic N) is 3. The van der Waals surface area contributed by atoms with E-state index in [1.807, 2.05) is 146 Å². The lowest BCUT2D eigenvalue weighted by atomic mass is 9.98. The van der Waals surface area contributed by atoms with Gasteiger partial charge in [-0.15, -0.1) is 0 Å². The van der Waals surface area contributed by atoms with Crippen molar-refractivity contribution < 1.29 is 47.8 Å². The number of benzene rings is 6. The highest BCUT2D eigenvalue weighted by atomic mass is 16.6. The number of rotatable bonds is 14. The van der Waals surface area contributed by atoms with E-state index in [2.05, 4.69) is 16.0 Å². The summed E-state index contributed by atoms with van der Waals surface area (Å²) in [5.41, 5.74) is 2.51. The van der Waals surface area contributed by atoms with Crippen LogP contribution in [0.3, 0.4) is 0 Å². The van der Waals surface area contributed by atoms with Gasteiger partial charge in [-0.1, -0.05) is 133 Å². The van der Waals surface area contributed by atoms with E-state index < -0.39 is 35.6 Å². The number of fused-ring (bicyclic) bond motifs is 4. The Labute approximate surface area is 448 Å². The molecular formula is C61H66N6O10. The minimum atomic E-state index is -0.704. The number of likely N-dealkylation sites (tertiary alicyclic amines) is 3. The van der Waals surface area contributed by atoms with Crippen LogP contribution in [0.1, 0.15) is 70.4 Å². The lowest BCUT2D eigenvalue weighted by Gasteiger charge is -2.30. The van der Waals surface area contributed by atoms with Gasteiger partial charge in [0.1, 0.15) is 18.8 Å². The number of anilines is 2. The molecule has 4 aliphatic rings. The van der Waals surface area contributed by atoms with E-state index in [0.29, 0.717) is 25.2 Å². The molecule has 77 heavy (non-hydrogen) atoms. The minimum Gasteiger partial charge on any atom is -0.461 e. The maximum absolute atomic E-state index is 13.8. The fourth-order valence-corrected chi connectivity index (χ4v) is 11.1. The number of carbonyl (C=O) groups is 7. The van der Waals surface area contributed by atoms with Crippen LogP contribution in [-0.4, -0.2) is 112 Å². The van der Waals surface area contributed by atoms with Gasteiger partial charge in [0.05, 0.1) is 36.8 Å². The maximum Gasteiger partial charge on any atom is 0.410 e. The van der Waals surface area contributed by atoms with Crippen LogP contribution in [-0.2, 0) is 56.2 Å². The Balaban J connectivity index is 0.000000191. The van der Waals surface area contributed by atoms with Crippen LogP contribution in [0.2, 0.25) is 0 Å². The fourth-order valence-electron chi connectivity index (χ4n) is 11.1. The van der Waals surface area contributed by atoms with Crippen molar-refractivity contribution in [2.24, 2.45) is 11.8 Å². The van der Waals surface area contributed by atoms with E-state index in [4.69, 9.17) is 14.2 Å². The van der Waals surface area contributed by atoms with Crippen molar-refractivity contribution in [2.45, 2.75) is 102 Å². The smallest absolute Gasteiger partial charge is 0.410 e. The van der Waals surface area contributed by atoms with Crippen molar-refractivity contribution in [1.29, 1.82) is 0 Å². The topological polar surface area (TPSA) is 193 Å². The average Bonchev–Trinajstić information content (AvgIpc) is 4.28. The molecule has 6 aromatic rings. The van der Waals surface area contributed by atoms with E-state index in [9.17, 15) is 33.6 Å². The molecule has 0 saturated carbocycles. The second-order valence-electron chi connectivity index (χ2n) is 21.0. The summed E-state index contributed by atoms with van der Waals surface area (Å²) in [5, 5.41) is 13.5. The van der Waals surface area contributed by atoms with Gasteiger partial charge in [-0.2, -0.15) is 0 Å². The normalized spacial score (nSPS) is 20.4. The molecule has 0 unspecified atom stereocenters. The van der Waals surface area contributed by atoms with Crippen LogP contribution in [0, 0.1) is 11.8 Å². The van der Waals surface area contributed by atoms with E-state index >= 15 is 0 Å². The quantitative estimate of drug-likeness (QED) is 0.0699. The molecular weight excluding hydrogens is 977 g/mol. The van der Waals surface area contributed by atoms with Crippen LogP contribution < -0.4 is 16.0 Å². The summed E-state index contributed by atoms with van der Waals surface area (Å²) in [5.74, 6) is -2.59. The first-order chi connectivity index (χ1) is 37.2. The molecule has 400 valence electrons. The summed E-state index contributed by atoms with van der Waals surface area (Å²) >= 11 is 0. The van der Waals surface area contributed by atoms with Crippen molar-refractivity contribution in [2.75, 3.05) is 36.8 Å². The van der Waals surface area contributed by atoms with E-state index in [-0.39, 0.29) is 93.1 Å². The van der Waals surface area contributed by atoms with Crippen LogP contribution >= 0.6 is 0 Å². The zero-order valence-corrected chi connectivity index (χ0v) is 43.7. The largest absolute Gasteiger partial charge is 0.461 e. The molecule has 0 bridgehead atoms. The predicted molar refractivity (Wildman–Crippen MR) is 292 cm³/mol. The van der Waals surface area contributed by atoms with Gasteiger partial charge in [0.25, 0.3) is 0 Å². The molecule has 4 saturated heterocycles. The Morgan fingerprint density at radius 3 is 1.53 bits per heavy atom. The van der Waals surface area contributed by atoms with Gasteiger partial charge in [0.2, 0.25) is 23.6 Å². The lowest BCUT2D eigenvalue weighted by Crippen LogP contribution is -2.47. The molecule has 6 aromatic carbocycles. The van der Waals surface area contributed by atoms with Gasteiger partial charge in [-0.05, 0) is 74.2 Å². The number of ether oxygens (including phenoxy) is 3. The summed E-state index contributed by atoms with van der Waals surface area (Å²) < 4.78 is 16.3. The van der Waals surface area contributed by atoms with Crippen molar-refractivity contribution in [1.82, 2.24) is 20.0 Å². The third-order valence-corrected chi connectivity index (χ3v) is 14.7. The maximum atomic E-state index is 13.8. The molecule has 4 heterocycles. The molecule has 3 N–H and O–H groups in total. The van der Waals surface area contributed by atoms with Crippen molar-refractivity contribution in [3.63, 3.8) is 0 Å². The SMILES string of the molecule is CC(C)(C)OC(=O)N1CC[C@@H]2[C@H]1[C@@H](C(=O)Nc1cccc3ccccc13)CN2C(=O)CCC(=O)OCc1ccccc1.O=C(CCC(=O)N1C[C@H](C(=O)Nc2cccc3ccccc23)[C@H]2NCC[C@H]21)OCc1ccccc1. The van der Waals surface area contributed by atoms with Gasteiger partial charge >= 0.3 is 18.0 Å². The molecule has 0 spiro atoms. The van der Waals surface area contributed by atoms with Gasteiger partial charge in [-0.25, -0.2) is 4.79 Å². The minimum absolute atomic E-state index is 0.0276. The molecule has 0 aliphatic carbocycles. The standard InChI is InChI=1S/C33H37N3O6.C28H29N3O4/c1-33(2,3)42-32(40)35-19-18-27-30(35)25(31(39)34-26-15-9-13-23-12-7-8-14-24(23)26)20-36(27)28(37)16-17-29(38)41-21-22-10-5-4-6-11-22;32-25(13-14-26(33)35-18-19-7-2-1-3-8-19)31-17-22(27-24(31)15-16-29-27)28(34)30-23-12-6-10-20-9-4-5-11-21(20)23/h4-15,25,27,30H,16-21H2,1-3H3,(H,34,39);1-12,22,24,27,29H,13-18H2,(H,30,34)/t25-,27+,30+;22-,24+,27+/m00/s1. The van der Waals surface area contributed by atoms with Gasteiger partial charge in [0.15, 0.2) is 0 Å². The second-order valence-corrected chi connectivity index (χ2v) is 21.0. The number of nitrogens with one attached hydrogen (secondary N) is 3. The van der Waals surface area contributed by atoms with E-state index in [0.717, 1.165) is 51.3 Å². The highest BCUT2D eigenvalue weighted by Gasteiger charge is 2.55. The molecule has 10 rings (SSSR count). The highest BCUT2D eigenvalue weighted by Crippen LogP contribution is 2.39. The summed E-state index contributed by atoms with van der Waals surface area (Å²) in [4.78, 5) is 96.3. The average molecular weight is 1040 g/mol. The Morgan fingerprint density at radius 2 is 1.00 bits per heavy atom. The van der Waals surface area contributed by atoms with Crippen LogP contribution in [0.15, 0.2) is 146 Å². The van der Waals surface area contributed by atoms with E-state index in [1.165, 1.54) is 0 Å². The summed E-state index contributed by atoms with van der Waals surface area (Å²) in [7, 11) is 0. The highest BCUT2D eigenvalue weighted by molar-refractivity contribution is 6.05. The number of hydrogen-bond acceptors (Lipinski definition) is 11. The Bertz CT molecular complexity index is 3100. The monoisotopic (exact) mass is 1040 g/mol. The first-order valence-electron chi connectivity index (χ1n) is 26.5. The van der Waals surface area contributed by atoms with Crippen LogP contribution in [0.25, 0.3) is 21.5 Å². The van der Waals surface area contributed by atoms with Gasteiger partial charge in [0, 0.05) is 66.7 Å². The molecule has 5 amide bonds. The van der Waals surface area contributed by atoms with E-state index in [1.54, 1.807) is 35.5 Å². The number of amides is 5. The predicted octanol–water partition coefficient (Wildman–Crippen LogP) is 8.63. The first kappa shape index (κ1) is 53.7. The lowest BCUT2D eigenvalue weighted by molar-refractivity contribution is -0.147. The van der Waals surface area contributed by atoms with Gasteiger partial charge < -0.3 is 44.9 Å². The van der Waals surface area contributed by atoms with Crippen LogP contribution in [0.5, 0.6) is 0 Å². The number of carbonyl (C=O) groups excluding carboxylic acids is 7. The summed E-state index contributed by atoms with van der Waals surface area (Å²) in [6.07, 6.45) is 0.813. The third kappa shape index (κ3) is 13.1. The summed E-state index contributed by atoms with van der Waals surface area (Å²) in [6.45, 7) is 7.34. The molecule has 4 aliphatic heterocycles. The molecule has 0 aromatic heterocycles. The first-order valence-corrected chi connectivity index (χ1v) is 26.5. The molecule has 0 radical (unpaired) electrons. The Kier molecular flexibility index (Phi) is 16.9. The van der Waals surface area contributed by atoms with Crippen molar-refractivity contribution >= 4 is 74.6 Å². The molecule has 16 nitrogen and oxygen atoms in total. The molecule has 4 fully saturated rings. The zero-order chi connectivity index (χ0) is 54.1. The Morgan fingerprint density at radius 1 is 0.532 bits per heavy atom. The van der Waals surface area contributed by atoms with Crippen molar-refractivity contribution in [3.8, 4) is 0 Å². The molecule has 6 atom stereocenters.